The van der Waals surface area contributed by atoms with Crippen LogP contribution in [0, 0.1) is 6.92 Å². The molecular weight excluding hydrogens is 604 g/mol. The summed E-state index contributed by atoms with van der Waals surface area (Å²) in [6, 6.07) is 27.0. The molecule has 2 amide bonds. The van der Waals surface area contributed by atoms with Gasteiger partial charge in [0.15, 0.2) is 6.61 Å². The topological polar surface area (TPSA) is 126 Å². The van der Waals surface area contributed by atoms with E-state index in [-0.39, 0.29) is 33.9 Å². The van der Waals surface area contributed by atoms with Crippen molar-refractivity contribution in [2.24, 2.45) is 5.10 Å². The van der Waals surface area contributed by atoms with Gasteiger partial charge in [0, 0.05) is 11.6 Å². The molecule has 0 unspecified atom stereocenters. The Hall–Kier alpha value is -4.87. The summed E-state index contributed by atoms with van der Waals surface area (Å²) >= 11 is 6.18. The molecule has 4 aromatic carbocycles. The number of halogens is 1. The first-order chi connectivity index (χ1) is 21.2. The van der Waals surface area contributed by atoms with Crippen molar-refractivity contribution in [1.82, 2.24) is 10.7 Å². The van der Waals surface area contributed by atoms with E-state index in [1.165, 1.54) is 37.6 Å². The number of hydrazone groups is 1. The minimum absolute atomic E-state index is 0.00239. The lowest BCUT2D eigenvalue weighted by atomic mass is 10.2. The summed E-state index contributed by atoms with van der Waals surface area (Å²) in [5.74, 6) is -0.248. The summed E-state index contributed by atoms with van der Waals surface area (Å²) in [5, 5.41) is 7.02. The largest absolute Gasteiger partial charge is 0.495 e. The van der Waals surface area contributed by atoms with Crippen LogP contribution in [0.2, 0.25) is 5.02 Å². The Bertz CT molecular complexity index is 1710. The molecule has 0 aromatic heterocycles. The molecular formula is C32H31ClN4O6S. The highest BCUT2D eigenvalue weighted by Crippen LogP contribution is 2.34. The first-order valence-corrected chi connectivity index (χ1v) is 15.3. The van der Waals surface area contributed by atoms with Crippen LogP contribution in [0.25, 0.3) is 0 Å². The van der Waals surface area contributed by atoms with Crippen molar-refractivity contribution < 1.29 is 27.5 Å². The third-order valence-electron chi connectivity index (χ3n) is 6.29. The van der Waals surface area contributed by atoms with Gasteiger partial charge in [0.2, 0.25) is 0 Å². The molecule has 4 aromatic rings. The smallest absolute Gasteiger partial charge is 0.264 e. The maximum Gasteiger partial charge on any atom is 0.264 e. The van der Waals surface area contributed by atoms with E-state index < -0.39 is 22.5 Å². The van der Waals surface area contributed by atoms with Crippen LogP contribution in [-0.2, 0) is 26.2 Å². The van der Waals surface area contributed by atoms with Crippen LogP contribution in [0.5, 0.6) is 11.5 Å². The van der Waals surface area contributed by atoms with Crippen molar-refractivity contribution in [2.45, 2.75) is 18.4 Å². The average molecular weight is 635 g/mol. The molecule has 0 radical (unpaired) electrons. The first kappa shape index (κ1) is 32.1. The van der Waals surface area contributed by atoms with E-state index >= 15 is 0 Å². The number of amides is 2. The van der Waals surface area contributed by atoms with Crippen LogP contribution in [0.3, 0.4) is 0 Å². The number of benzene rings is 4. The second-order valence-corrected chi connectivity index (χ2v) is 11.9. The Labute approximate surface area is 261 Å². The van der Waals surface area contributed by atoms with E-state index in [0.29, 0.717) is 17.9 Å². The molecule has 0 fully saturated rings. The second-order valence-electron chi connectivity index (χ2n) is 9.55. The lowest BCUT2D eigenvalue weighted by Crippen LogP contribution is -2.39. The lowest BCUT2D eigenvalue weighted by Gasteiger charge is -2.25. The van der Waals surface area contributed by atoms with Crippen molar-refractivity contribution in [3.63, 3.8) is 0 Å². The van der Waals surface area contributed by atoms with Crippen molar-refractivity contribution in [3.05, 3.63) is 119 Å². The SMILES string of the molecule is COc1ccc(Cl)cc1N(CC(=O)N/N=C\c1ccc(OCC(=O)NCc2ccccc2)cc1)S(=O)(=O)c1ccc(C)cc1. The van der Waals surface area contributed by atoms with Crippen LogP contribution in [-0.4, -0.2) is 46.7 Å². The molecule has 0 saturated heterocycles. The molecule has 2 N–H and O–H groups in total. The van der Waals surface area contributed by atoms with Crippen molar-refractivity contribution in [2.75, 3.05) is 24.6 Å². The zero-order valence-electron chi connectivity index (χ0n) is 24.1. The fourth-order valence-electron chi connectivity index (χ4n) is 3.99. The molecule has 0 atom stereocenters. The number of ether oxygens (including phenoxy) is 2. The van der Waals surface area contributed by atoms with Gasteiger partial charge in [-0.25, -0.2) is 13.8 Å². The summed E-state index contributed by atoms with van der Waals surface area (Å²) < 4.78 is 39.1. The number of rotatable bonds is 13. The zero-order valence-corrected chi connectivity index (χ0v) is 25.6. The normalized spacial score (nSPS) is 11.2. The van der Waals surface area contributed by atoms with E-state index in [9.17, 15) is 18.0 Å². The number of hydrogen-bond donors (Lipinski definition) is 2. The van der Waals surface area contributed by atoms with Gasteiger partial charge in [-0.1, -0.05) is 59.6 Å². The van der Waals surface area contributed by atoms with Crippen molar-refractivity contribution in [3.8, 4) is 11.5 Å². The van der Waals surface area contributed by atoms with Crippen LogP contribution < -0.4 is 24.5 Å². The molecule has 0 spiro atoms. The highest BCUT2D eigenvalue weighted by Gasteiger charge is 2.29. The molecule has 0 saturated carbocycles. The van der Waals surface area contributed by atoms with E-state index in [0.717, 1.165) is 15.4 Å². The van der Waals surface area contributed by atoms with Gasteiger partial charge in [-0.15, -0.1) is 0 Å². The number of anilines is 1. The summed E-state index contributed by atoms with van der Waals surface area (Å²) in [5.41, 5.74) is 4.97. The van der Waals surface area contributed by atoms with Gasteiger partial charge >= 0.3 is 0 Å². The van der Waals surface area contributed by atoms with Crippen LogP contribution in [0.4, 0.5) is 5.69 Å². The van der Waals surface area contributed by atoms with E-state index in [4.69, 9.17) is 21.1 Å². The monoisotopic (exact) mass is 634 g/mol. The first-order valence-electron chi connectivity index (χ1n) is 13.4. The van der Waals surface area contributed by atoms with Crippen LogP contribution >= 0.6 is 11.6 Å². The molecule has 0 aliphatic carbocycles. The van der Waals surface area contributed by atoms with Gasteiger partial charge in [-0.2, -0.15) is 5.10 Å². The number of carbonyl (C=O) groups excluding carboxylic acids is 2. The number of nitrogens with one attached hydrogen (secondary N) is 2. The maximum absolute atomic E-state index is 13.7. The number of hydrogen-bond acceptors (Lipinski definition) is 7. The summed E-state index contributed by atoms with van der Waals surface area (Å²) in [6.07, 6.45) is 1.40. The Morgan fingerprint density at radius 1 is 0.932 bits per heavy atom. The molecule has 4 rings (SSSR count). The second kappa shape index (κ2) is 15.0. The predicted molar refractivity (Wildman–Crippen MR) is 170 cm³/mol. The Morgan fingerprint density at radius 3 is 2.32 bits per heavy atom. The van der Waals surface area contributed by atoms with Gasteiger partial charge in [0.05, 0.1) is 23.9 Å². The molecule has 12 heteroatoms. The number of carbonyl (C=O) groups is 2. The minimum Gasteiger partial charge on any atom is -0.495 e. The third kappa shape index (κ3) is 8.82. The van der Waals surface area contributed by atoms with Gasteiger partial charge in [-0.3, -0.25) is 13.9 Å². The average Bonchev–Trinajstić information content (AvgIpc) is 3.03. The van der Waals surface area contributed by atoms with E-state index in [2.05, 4.69) is 15.8 Å². The molecule has 0 heterocycles. The van der Waals surface area contributed by atoms with Gasteiger partial charge in [-0.05, 0) is 72.6 Å². The standard InChI is InChI=1S/C32H31ClN4O6S/c1-23-8-15-28(16-9-23)44(40,41)37(29-18-26(33)12-17-30(29)42-2)21-31(38)36-35-20-25-10-13-27(14-11-25)43-22-32(39)34-19-24-6-4-3-5-7-24/h3-18,20H,19,21-22H2,1-2H3,(H,34,39)(H,36,38)/b35-20-. The Balaban J connectivity index is 1.37. The summed E-state index contributed by atoms with van der Waals surface area (Å²) in [4.78, 5) is 25.0. The van der Waals surface area contributed by atoms with Crippen LogP contribution in [0.1, 0.15) is 16.7 Å². The predicted octanol–water partition coefficient (Wildman–Crippen LogP) is 4.70. The highest BCUT2D eigenvalue weighted by atomic mass is 35.5. The molecule has 10 nitrogen and oxygen atoms in total. The fourth-order valence-corrected chi connectivity index (χ4v) is 5.58. The van der Waals surface area contributed by atoms with E-state index in [1.807, 2.05) is 37.3 Å². The lowest BCUT2D eigenvalue weighted by molar-refractivity contribution is -0.123. The van der Waals surface area contributed by atoms with E-state index in [1.54, 1.807) is 42.5 Å². The zero-order chi connectivity index (χ0) is 31.5. The Kier molecular flexibility index (Phi) is 11.0. The number of methoxy groups -OCH3 is 1. The maximum atomic E-state index is 13.7. The fraction of sp³-hybridized carbons (Fsp3) is 0.156. The summed E-state index contributed by atoms with van der Waals surface area (Å²) in [7, 11) is -2.79. The van der Waals surface area contributed by atoms with Gasteiger partial charge < -0.3 is 14.8 Å². The molecule has 0 bridgehead atoms. The van der Waals surface area contributed by atoms with Gasteiger partial charge in [0.25, 0.3) is 21.8 Å². The minimum atomic E-state index is -4.19. The van der Waals surface area contributed by atoms with Gasteiger partial charge in [0.1, 0.15) is 18.0 Å². The third-order valence-corrected chi connectivity index (χ3v) is 8.30. The van der Waals surface area contributed by atoms with Crippen molar-refractivity contribution in [1.29, 1.82) is 0 Å². The molecule has 228 valence electrons. The summed E-state index contributed by atoms with van der Waals surface area (Å²) in [6.45, 7) is 1.51. The van der Waals surface area contributed by atoms with Crippen LogP contribution in [0.15, 0.2) is 107 Å². The number of nitrogens with zero attached hydrogens (tertiary/aromatic N) is 2. The molecule has 0 aliphatic rings. The Morgan fingerprint density at radius 2 is 1.64 bits per heavy atom. The molecule has 44 heavy (non-hydrogen) atoms. The van der Waals surface area contributed by atoms with Crippen molar-refractivity contribution >= 4 is 45.3 Å². The number of sulfonamides is 1. The molecule has 0 aliphatic heterocycles. The highest BCUT2D eigenvalue weighted by molar-refractivity contribution is 7.92. The quantitative estimate of drug-likeness (QED) is 0.162. The number of aryl methyl sites for hydroxylation is 1.